The molecule has 0 aromatic heterocycles. The summed E-state index contributed by atoms with van der Waals surface area (Å²) in [6, 6.07) is 16.8. The van der Waals surface area contributed by atoms with Crippen LogP contribution in [0.1, 0.15) is 36.0 Å². The Balaban J connectivity index is 1.20. The van der Waals surface area contributed by atoms with Crippen LogP contribution in [0.4, 0.5) is 5.69 Å². The molecule has 2 aliphatic heterocycles. The standard InChI is InChI=1S/C23H28N2O/c1-2-6-19-16-21(15-18(19)5-1)24-20-10-12-25(13-11-20)22-9-3-7-17-8-4-14-26-23(17)22/h1-3,5-7,9,20-21,24H,4,8,10-16H2. The van der Waals surface area contributed by atoms with Crippen LogP contribution in [-0.4, -0.2) is 31.8 Å². The fraction of sp³-hybridized carbons (Fsp3) is 0.478. The molecule has 0 radical (unpaired) electrons. The molecular weight excluding hydrogens is 320 g/mol. The second kappa shape index (κ2) is 6.96. The van der Waals surface area contributed by atoms with Crippen molar-refractivity contribution in [2.24, 2.45) is 0 Å². The zero-order chi connectivity index (χ0) is 17.3. The number of aryl methyl sites for hydroxylation is 1. The zero-order valence-corrected chi connectivity index (χ0v) is 15.4. The molecule has 0 spiro atoms. The molecule has 136 valence electrons. The van der Waals surface area contributed by atoms with Gasteiger partial charge in [-0.15, -0.1) is 0 Å². The Morgan fingerprint density at radius 3 is 2.35 bits per heavy atom. The Morgan fingerprint density at radius 1 is 0.846 bits per heavy atom. The molecule has 5 rings (SSSR count). The predicted octanol–water partition coefficient (Wildman–Crippen LogP) is 3.74. The van der Waals surface area contributed by atoms with E-state index in [0.717, 1.165) is 38.3 Å². The van der Waals surface area contributed by atoms with E-state index in [1.807, 2.05) is 0 Å². The number of anilines is 1. The van der Waals surface area contributed by atoms with E-state index >= 15 is 0 Å². The van der Waals surface area contributed by atoms with Crippen molar-refractivity contribution in [2.75, 3.05) is 24.6 Å². The topological polar surface area (TPSA) is 24.5 Å². The smallest absolute Gasteiger partial charge is 0.145 e. The number of fused-ring (bicyclic) bond motifs is 2. The molecule has 1 N–H and O–H groups in total. The third-order valence-corrected chi connectivity index (χ3v) is 6.27. The summed E-state index contributed by atoms with van der Waals surface area (Å²) >= 11 is 0. The maximum atomic E-state index is 6.02. The summed E-state index contributed by atoms with van der Waals surface area (Å²) in [6.45, 7) is 3.11. The quantitative estimate of drug-likeness (QED) is 0.914. The third kappa shape index (κ3) is 3.09. The molecule has 2 aromatic rings. The van der Waals surface area contributed by atoms with Gasteiger partial charge in [0.1, 0.15) is 5.75 Å². The summed E-state index contributed by atoms with van der Waals surface area (Å²) in [6.07, 6.45) is 7.12. The molecule has 0 saturated carbocycles. The summed E-state index contributed by atoms with van der Waals surface area (Å²) in [5.74, 6) is 1.15. The lowest BCUT2D eigenvalue weighted by Gasteiger charge is -2.36. The zero-order valence-electron chi connectivity index (χ0n) is 15.4. The summed E-state index contributed by atoms with van der Waals surface area (Å²) in [5, 5.41) is 3.94. The molecule has 1 aliphatic carbocycles. The second-order valence-electron chi connectivity index (χ2n) is 8.02. The summed E-state index contributed by atoms with van der Waals surface area (Å²) in [4.78, 5) is 2.53. The minimum atomic E-state index is 0.622. The Bertz CT molecular complexity index is 755. The lowest BCUT2D eigenvalue weighted by atomic mass is 10.00. The van der Waals surface area contributed by atoms with Gasteiger partial charge in [0.15, 0.2) is 0 Å². The third-order valence-electron chi connectivity index (χ3n) is 6.27. The van der Waals surface area contributed by atoms with Gasteiger partial charge in [-0.3, -0.25) is 0 Å². The van der Waals surface area contributed by atoms with E-state index in [4.69, 9.17) is 4.74 Å². The van der Waals surface area contributed by atoms with E-state index in [9.17, 15) is 0 Å². The first-order valence-electron chi connectivity index (χ1n) is 10.2. The highest BCUT2D eigenvalue weighted by Crippen LogP contribution is 2.36. The van der Waals surface area contributed by atoms with Crippen molar-refractivity contribution in [1.29, 1.82) is 0 Å². The highest BCUT2D eigenvalue weighted by Gasteiger charge is 2.27. The minimum Gasteiger partial charge on any atom is -0.491 e. The lowest BCUT2D eigenvalue weighted by molar-refractivity contribution is 0.287. The molecule has 3 heteroatoms. The summed E-state index contributed by atoms with van der Waals surface area (Å²) in [5.41, 5.74) is 5.78. The Hall–Kier alpha value is -2.00. The number of nitrogens with zero attached hydrogens (tertiary/aromatic N) is 1. The maximum absolute atomic E-state index is 6.02. The van der Waals surface area contributed by atoms with Crippen molar-refractivity contribution in [3.8, 4) is 5.75 Å². The van der Waals surface area contributed by atoms with E-state index in [2.05, 4.69) is 52.7 Å². The van der Waals surface area contributed by atoms with E-state index < -0.39 is 0 Å². The van der Waals surface area contributed by atoms with Crippen LogP contribution in [0.3, 0.4) is 0 Å². The number of para-hydroxylation sites is 1. The molecule has 1 saturated heterocycles. The van der Waals surface area contributed by atoms with Gasteiger partial charge in [-0.05, 0) is 61.3 Å². The monoisotopic (exact) mass is 348 g/mol. The maximum Gasteiger partial charge on any atom is 0.145 e. The van der Waals surface area contributed by atoms with Gasteiger partial charge in [0.25, 0.3) is 0 Å². The van der Waals surface area contributed by atoms with Crippen LogP contribution in [-0.2, 0) is 19.3 Å². The first kappa shape index (κ1) is 16.2. The van der Waals surface area contributed by atoms with Gasteiger partial charge < -0.3 is 15.0 Å². The van der Waals surface area contributed by atoms with Gasteiger partial charge in [-0.25, -0.2) is 0 Å². The Kier molecular flexibility index (Phi) is 4.33. The van der Waals surface area contributed by atoms with Crippen molar-refractivity contribution in [1.82, 2.24) is 5.32 Å². The number of hydrogen-bond donors (Lipinski definition) is 1. The second-order valence-corrected chi connectivity index (χ2v) is 8.02. The van der Waals surface area contributed by atoms with Crippen LogP contribution in [0.5, 0.6) is 5.75 Å². The average Bonchev–Trinajstić information content (AvgIpc) is 3.10. The van der Waals surface area contributed by atoms with Crippen LogP contribution in [0.2, 0.25) is 0 Å². The van der Waals surface area contributed by atoms with Crippen molar-refractivity contribution < 1.29 is 4.74 Å². The molecular formula is C23H28N2O. The van der Waals surface area contributed by atoms with Gasteiger partial charge in [-0.2, -0.15) is 0 Å². The van der Waals surface area contributed by atoms with Crippen LogP contribution >= 0.6 is 0 Å². The molecule has 0 atom stereocenters. The lowest BCUT2D eigenvalue weighted by Crippen LogP contribution is -2.46. The molecule has 26 heavy (non-hydrogen) atoms. The number of benzene rings is 2. The van der Waals surface area contributed by atoms with Crippen molar-refractivity contribution in [3.63, 3.8) is 0 Å². The predicted molar refractivity (Wildman–Crippen MR) is 106 cm³/mol. The number of hydrogen-bond acceptors (Lipinski definition) is 3. The molecule has 2 heterocycles. The van der Waals surface area contributed by atoms with Crippen molar-refractivity contribution >= 4 is 5.69 Å². The minimum absolute atomic E-state index is 0.622. The van der Waals surface area contributed by atoms with Crippen LogP contribution < -0.4 is 15.0 Å². The van der Waals surface area contributed by atoms with E-state index in [-0.39, 0.29) is 0 Å². The largest absolute Gasteiger partial charge is 0.491 e. The van der Waals surface area contributed by atoms with Crippen LogP contribution in [0, 0.1) is 0 Å². The fourth-order valence-electron chi connectivity index (χ4n) is 4.92. The SMILES string of the molecule is c1ccc2c(c1)CC(NC1CCN(c3cccc4c3OCCC4)CC1)C2. The van der Waals surface area contributed by atoms with Crippen molar-refractivity contribution in [2.45, 2.75) is 50.6 Å². The number of nitrogens with one attached hydrogen (secondary N) is 1. The van der Waals surface area contributed by atoms with Gasteiger partial charge in [0, 0.05) is 25.2 Å². The van der Waals surface area contributed by atoms with Gasteiger partial charge in [0.2, 0.25) is 0 Å². The highest BCUT2D eigenvalue weighted by atomic mass is 16.5. The molecule has 1 fully saturated rings. The molecule has 2 aromatic carbocycles. The normalized spacial score (nSPS) is 20.5. The fourth-order valence-corrected chi connectivity index (χ4v) is 4.92. The first-order chi connectivity index (χ1) is 12.9. The number of piperidine rings is 1. The van der Waals surface area contributed by atoms with Crippen LogP contribution in [0.25, 0.3) is 0 Å². The van der Waals surface area contributed by atoms with Gasteiger partial charge in [-0.1, -0.05) is 36.4 Å². The Labute approximate surface area is 156 Å². The number of ether oxygens (including phenoxy) is 1. The van der Waals surface area contributed by atoms with Gasteiger partial charge >= 0.3 is 0 Å². The first-order valence-corrected chi connectivity index (χ1v) is 10.2. The molecule has 0 unspecified atom stereocenters. The highest BCUT2D eigenvalue weighted by molar-refractivity contribution is 5.62. The van der Waals surface area contributed by atoms with Crippen LogP contribution in [0.15, 0.2) is 42.5 Å². The molecule has 0 bridgehead atoms. The molecule has 3 nitrogen and oxygen atoms in total. The average molecular weight is 348 g/mol. The van der Waals surface area contributed by atoms with E-state index in [1.54, 1.807) is 0 Å². The summed E-state index contributed by atoms with van der Waals surface area (Å²) < 4.78 is 6.02. The van der Waals surface area contributed by atoms with E-state index in [1.165, 1.54) is 48.1 Å². The number of rotatable bonds is 3. The van der Waals surface area contributed by atoms with Crippen molar-refractivity contribution in [3.05, 3.63) is 59.2 Å². The molecule has 3 aliphatic rings. The summed E-state index contributed by atoms with van der Waals surface area (Å²) in [7, 11) is 0. The van der Waals surface area contributed by atoms with Gasteiger partial charge in [0.05, 0.1) is 12.3 Å². The molecule has 0 amide bonds. The van der Waals surface area contributed by atoms with E-state index in [0.29, 0.717) is 12.1 Å². The Morgan fingerprint density at radius 2 is 1.58 bits per heavy atom.